The summed E-state index contributed by atoms with van der Waals surface area (Å²) in [6, 6.07) is 14.9. The van der Waals surface area contributed by atoms with Gasteiger partial charge in [-0.1, -0.05) is 78.6 Å². The molecule has 2 saturated carbocycles. The fourth-order valence-corrected chi connectivity index (χ4v) is 11.9. The van der Waals surface area contributed by atoms with E-state index < -0.39 is 49.5 Å². The number of carboxylic acid groups (broad SMARTS) is 1. The van der Waals surface area contributed by atoms with Crippen molar-refractivity contribution in [3.63, 3.8) is 0 Å². The number of ether oxygens (including phenoxy) is 6. The largest absolute Gasteiger partial charge is 1.00 e. The van der Waals surface area contributed by atoms with E-state index in [9.17, 15) is 15.2 Å². The molecule has 0 amide bonds. The number of hydrogen-bond donors (Lipinski definition) is 3. The van der Waals surface area contributed by atoms with E-state index in [0.29, 0.717) is 52.6 Å². The van der Waals surface area contributed by atoms with Gasteiger partial charge in [0.25, 0.3) is 0 Å². The van der Waals surface area contributed by atoms with Crippen molar-refractivity contribution >= 4 is 61.2 Å². The van der Waals surface area contributed by atoms with Crippen LogP contribution in [-0.4, -0.2) is 167 Å². The molecule has 4 aromatic rings. The quantitative estimate of drug-likeness (QED) is 0.0169. The maximum Gasteiger partial charge on any atom is 1.00 e. The minimum atomic E-state index is -1.20. The fourth-order valence-electron chi connectivity index (χ4n) is 8.88. The fraction of sp³-hybridized carbons (Fsp3) is 0.731. The van der Waals surface area contributed by atoms with Crippen LogP contribution >= 0.6 is 0 Å². The molecule has 0 aliphatic heterocycles. The summed E-state index contributed by atoms with van der Waals surface area (Å²) in [6.45, 7) is 32.9. The van der Waals surface area contributed by atoms with Crippen LogP contribution in [0, 0.1) is 11.3 Å². The molecule has 0 bridgehead atoms. The van der Waals surface area contributed by atoms with Gasteiger partial charge < -0.3 is 48.8 Å². The van der Waals surface area contributed by atoms with Crippen molar-refractivity contribution in [2.75, 3.05) is 77.4 Å². The Morgan fingerprint density at radius 2 is 0.948 bits per heavy atom. The molecule has 0 unspecified atom stereocenters. The number of methoxy groups -OCH3 is 2. The first kappa shape index (κ1) is 71.0. The second kappa shape index (κ2) is 32.5. The van der Waals surface area contributed by atoms with Crippen LogP contribution in [0.2, 0.25) is 103 Å². The van der Waals surface area contributed by atoms with E-state index in [4.69, 9.17) is 48.9 Å². The average Bonchev–Trinajstić information content (AvgIpc) is 4.05. The molecule has 2 aliphatic carbocycles. The number of anilines is 2. The molecule has 4 heterocycles. The van der Waals surface area contributed by atoms with Crippen LogP contribution in [0.25, 0.3) is 11.3 Å². The minimum absolute atomic E-state index is 0. The molecule has 0 radical (unpaired) electrons. The smallest absolute Gasteiger partial charge is 0.870 e. The normalized spacial score (nSPS) is 19.9. The Hall–Kier alpha value is -2.06. The Bertz CT molecular complexity index is 2340. The van der Waals surface area contributed by atoms with Crippen molar-refractivity contribution in [2.24, 2.45) is 0 Å². The van der Waals surface area contributed by atoms with E-state index >= 15 is 0 Å². The van der Waals surface area contributed by atoms with E-state index in [1.807, 2.05) is 21.2 Å². The summed E-state index contributed by atoms with van der Waals surface area (Å²) in [6.07, 6.45) is 9.07. The van der Waals surface area contributed by atoms with Crippen LogP contribution in [0.3, 0.4) is 0 Å². The summed E-state index contributed by atoms with van der Waals surface area (Å²) in [5.74, 6) is 1.37. The third-order valence-corrected chi connectivity index (χ3v) is 21.0. The monoisotopic (exact) mass is 1170 g/mol. The Morgan fingerprint density at radius 1 is 0.623 bits per heavy atom. The maximum atomic E-state index is 11.8. The summed E-state index contributed by atoms with van der Waals surface area (Å²) < 4.78 is 39.3. The topological polar surface area (TPSA) is 254 Å². The first-order valence-electron chi connectivity index (χ1n) is 26.7. The van der Waals surface area contributed by atoms with Gasteiger partial charge in [0, 0.05) is 120 Å². The first-order chi connectivity index (χ1) is 35.3. The van der Waals surface area contributed by atoms with Gasteiger partial charge in [-0.25, -0.2) is 14.8 Å². The van der Waals surface area contributed by atoms with Crippen LogP contribution in [0.4, 0.5) is 11.6 Å². The molecule has 2 fully saturated rings. The van der Waals surface area contributed by atoms with Crippen LogP contribution < -0.4 is 61.2 Å². The Morgan fingerprint density at radius 3 is 1.22 bits per heavy atom. The zero-order valence-electron chi connectivity index (χ0n) is 49.4. The molecule has 2 aliphatic rings. The zero-order chi connectivity index (χ0) is 55.7. The Labute approximate surface area is 505 Å². The predicted octanol–water partition coefficient (Wildman–Crippen LogP) is 7.86. The molecule has 4 N–H and O–H groups in total. The van der Waals surface area contributed by atoms with Crippen molar-refractivity contribution in [3.05, 3.63) is 48.0 Å². The van der Waals surface area contributed by atoms with Crippen molar-refractivity contribution < 1.29 is 106 Å². The van der Waals surface area contributed by atoms with E-state index in [0.717, 1.165) is 111 Å². The van der Waals surface area contributed by atoms with E-state index in [1.165, 1.54) is 7.11 Å². The van der Waals surface area contributed by atoms with E-state index in [1.54, 1.807) is 19.5 Å². The van der Waals surface area contributed by atoms with E-state index in [2.05, 4.69) is 117 Å². The maximum absolute atomic E-state index is 11.8. The average molecular weight is 1170 g/mol. The molecule has 77 heavy (non-hydrogen) atoms. The Kier molecular flexibility index (Phi) is 30.0. The van der Waals surface area contributed by atoms with Gasteiger partial charge >= 0.3 is 57.4 Å². The molecular weight excluding hydrogens is 1080 g/mol. The van der Waals surface area contributed by atoms with Crippen molar-refractivity contribution in [2.45, 2.75) is 177 Å². The summed E-state index contributed by atoms with van der Waals surface area (Å²) >= 11 is 0. The number of fused-ring (bicyclic) bond motifs is 2. The molecule has 0 spiro atoms. The van der Waals surface area contributed by atoms with Gasteiger partial charge in [-0.15, -0.1) is 0 Å². The number of carboxylic acids is 1. The third-order valence-electron chi connectivity index (χ3n) is 14.1. The zero-order valence-corrected chi connectivity index (χ0v) is 56.6. The van der Waals surface area contributed by atoms with Gasteiger partial charge in [-0.05, 0) is 75.5 Å². The molecule has 430 valence electrons. The molecular formula is C52H94KN9O11Si4. The molecule has 25 heteroatoms. The number of nitriles is 1. The van der Waals surface area contributed by atoms with Gasteiger partial charge in [-0.2, -0.15) is 24.5 Å². The van der Waals surface area contributed by atoms with Crippen molar-refractivity contribution in [3.8, 4) is 6.07 Å². The number of nitrogens with zero attached hydrogens (tertiary/aromatic N) is 9. The van der Waals surface area contributed by atoms with Crippen LogP contribution in [-0.2, 0) is 33.2 Å². The van der Waals surface area contributed by atoms with Gasteiger partial charge in [-0.3, -0.25) is 10.5 Å². The summed E-state index contributed by atoms with van der Waals surface area (Å²) in [4.78, 5) is 25.9. The third kappa shape index (κ3) is 23.0. The van der Waals surface area contributed by atoms with Crippen LogP contribution in [0.15, 0.2) is 36.7 Å². The summed E-state index contributed by atoms with van der Waals surface area (Å²) in [5, 5.41) is 40.4. The second-order valence-corrected chi connectivity index (χ2v) is 47.6. The van der Waals surface area contributed by atoms with Gasteiger partial charge in [0.15, 0.2) is 22.5 Å². The molecule has 0 saturated heterocycles. The number of rotatable bonds is 27. The molecule has 0 aromatic carbocycles. The van der Waals surface area contributed by atoms with Gasteiger partial charge in [0.05, 0.1) is 18.5 Å². The Balaban J connectivity index is 0.000000498. The van der Waals surface area contributed by atoms with Gasteiger partial charge in [0.2, 0.25) is 0 Å². The van der Waals surface area contributed by atoms with Crippen molar-refractivity contribution in [1.82, 2.24) is 29.2 Å². The van der Waals surface area contributed by atoms with Crippen LogP contribution in [0.5, 0.6) is 0 Å². The number of aliphatic carboxylic acids is 1. The summed E-state index contributed by atoms with van der Waals surface area (Å²) in [5.41, 5.74) is 1.81. The molecule has 6 rings (SSSR count). The standard InChI is InChI=1S/C26H45N5O3Si2.C26H46N4O5Si2.K.H2O2.H2O/c1-32-26(19-27)11-8-22(9-12-26)23-18-25(31-24(29-23)10-13-28-31)30(20-33-14-16-35(2,3)4)21-34-15-17-36(5,6)7;1-33-26(25(31)32)11-8-21(9-12-26)22-18-24(30-23(28-22)10-13-27-30)29(19-34-14-16-36(2,3)4)20-35-15-17-37(5,6)7;;1-2;/h10,13,18,22H,8-9,11-12,14-17,20-21H2,1-7H3;10,13,18,21H,8-9,11-12,14-17,19-20H2,1-7H3,(H,31,32);;1-2H;1H2/q;;+1;;/p-1. The number of aromatic nitrogens is 6. The van der Waals surface area contributed by atoms with E-state index in [-0.39, 0.29) is 68.7 Å². The second-order valence-electron chi connectivity index (χ2n) is 25.1. The molecule has 0 atom stereocenters. The minimum Gasteiger partial charge on any atom is -0.870 e. The first-order valence-corrected chi connectivity index (χ1v) is 41.6. The molecule has 4 aromatic heterocycles. The predicted molar refractivity (Wildman–Crippen MR) is 309 cm³/mol. The number of hydrogen-bond acceptors (Lipinski definition) is 17. The van der Waals surface area contributed by atoms with Crippen LogP contribution in [0.1, 0.15) is 74.6 Å². The summed E-state index contributed by atoms with van der Waals surface area (Å²) in [7, 11) is -1.61. The van der Waals surface area contributed by atoms with Crippen molar-refractivity contribution in [1.29, 1.82) is 5.26 Å². The number of carbonyl (C=O) groups is 1. The van der Waals surface area contributed by atoms with Gasteiger partial charge in [0.1, 0.15) is 38.6 Å². The molecule has 20 nitrogen and oxygen atoms in total. The SMILES string of the molecule is COC1(C#N)CCC(c2cc(N(COCC[Si](C)(C)C)COCC[Si](C)(C)C)n3nccc3n2)CC1.COC1(C(=O)O)CCC(c2cc(N(COCC[Si](C)(C)C)COCC[Si](C)(C)C)n3nccc3n2)CC1.OO.[K+].[OH-].